The van der Waals surface area contributed by atoms with Crippen molar-refractivity contribution in [2.45, 2.75) is 6.92 Å². The van der Waals surface area contributed by atoms with E-state index in [2.05, 4.69) is 4.99 Å². The fraction of sp³-hybridized carbons (Fsp3) is 0.190. The van der Waals surface area contributed by atoms with Gasteiger partial charge in [0.05, 0.1) is 30.4 Å². The number of thioether (sulfide) groups is 1. The van der Waals surface area contributed by atoms with E-state index in [1.54, 1.807) is 60.6 Å². The normalized spacial score (nSPS) is 16.6. The first-order valence-corrected chi connectivity index (χ1v) is 9.98. The zero-order valence-corrected chi connectivity index (χ0v) is 17.7. The van der Waals surface area contributed by atoms with Crippen molar-refractivity contribution in [2.24, 2.45) is 4.99 Å². The van der Waals surface area contributed by atoms with Crippen LogP contribution in [0, 0.1) is 0 Å². The van der Waals surface area contributed by atoms with Gasteiger partial charge in [0.25, 0.3) is 5.91 Å². The molecule has 1 aliphatic rings. The van der Waals surface area contributed by atoms with E-state index in [1.165, 1.54) is 18.9 Å². The molecule has 0 atom stereocenters. The number of ether oxygens (including phenoxy) is 2. The molecule has 0 N–H and O–H groups in total. The highest BCUT2D eigenvalue weighted by Crippen LogP contribution is 2.36. The summed E-state index contributed by atoms with van der Waals surface area (Å²) in [6.45, 7) is 2.37. The van der Waals surface area contributed by atoms with E-state index in [0.29, 0.717) is 38.6 Å². The molecule has 2 aromatic carbocycles. The number of carbonyl (C=O) groups excluding carboxylic acids is 2. The monoisotopic (exact) mass is 430 g/mol. The van der Waals surface area contributed by atoms with Crippen molar-refractivity contribution in [1.82, 2.24) is 4.90 Å². The molecular formula is C21H19ClN2O4S. The molecule has 8 heteroatoms. The van der Waals surface area contributed by atoms with Crippen LogP contribution in [0.5, 0.6) is 5.75 Å². The summed E-state index contributed by atoms with van der Waals surface area (Å²) in [4.78, 5) is 31.1. The highest BCUT2D eigenvalue weighted by atomic mass is 35.5. The minimum atomic E-state index is -0.412. The minimum absolute atomic E-state index is 0.135. The van der Waals surface area contributed by atoms with Crippen molar-refractivity contribution >= 4 is 52.2 Å². The Morgan fingerprint density at radius 1 is 1.21 bits per heavy atom. The SMILES string of the molecule is CCN1C(=O)/C(=C\c2cc(Cl)ccc2OC)SC1=Nc1ccc(C(=O)OC)cc1. The molecule has 1 fully saturated rings. The molecule has 0 spiro atoms. The van der Waals surface area contributed by atoms with E-state index in [1.807, 2.05) is 6.92 Å². The molecule has 3 rings (SSSR count). The van der Waals surface area contributed by atoms with E-state index in [-0.39, 0.29) is 5.91 Å². The Hall–Kier alpha value is -2.77. The number of likely N-dealkylation sites (N-methyl/N-ethyl adjacent to an activating group) is 1. The Morgan fingerprint density at radius 3 is 2.55 bits per heavy atom. The second-order valence-corrected chi connectivity index (χ2v) is 7.42. The van der Waals surface area contributed by atoms with Gasteiger partial charge in [-0.05, 0) is 67.2 Å². The summed E-state index contributed by atoms with van der Waals surface area (Å²) in [5.41, 5.74) is 1.79. The van der Waals surface area contributed by atoms with Crippen LogP contribution in [-0.4, -0.2) is 42.7 Å². The van der Waals surface area contributed by atoms with Crippen LogP contribution in [0.15, 0.2) is 52.4 Å². The van der Waals surface area contributed by atoms with Gasteiger partial charge in [-0.3, -0.25) is 9.69 Å². The van der Waals surface area contributed by atoms with Gasteiger partial charge in [-0.1, -0.05) is 11.6 Å². The zero-order chi connectivity index (χ0) is 21.0. The first-order chi connectivity index (χ1) is 14.0. The molecule has 150 valence electrons. The number of amidine groups is 1. The molecule has 1 saturated heterocycles. The van der Waals surface area contributed by atoms with Crippen molar-refractivity contribution < 1.29 is 19.1 Å². The molecule has 2 aromatic rings. The molecule has 1 heterocycles. The lowest BCUT2D eigenvalue weighted by molar-refractivity contribution is -0.122. The number of carbonyl (C=O) groups is 2. The van der Waals surface area contributed by atoms with Gasteiger partial charge < -0.3 is 9.47 Å². The van der Waals surface area contributed by atoms with Gasteiger partial charge in [0.15, 0.2) is 5.17 Å². The van der Waals surface area contributed by atoms with E-state index >= 15 is 0 Å². The number of rotatable bonds is 5. The summed E-state index contributed by atoms with van der Waals surface area (Å²) in [6.07, 6.45) is 1.75. The third kappa shape index (κ3) is 4.63. The van der Waals surface area contributed by atoms with Crippen molar-refractivity contribution in [1.29, 1.82) is 0 Å². The molecule has 1 aliphatic heterocycles. The second-order valence-electron chi connectivity index (χ2n) is 5.98. The van der Waals surface area contributed by atoms with Gasteiger partial charge in [0.1, 0.15) is 5.75 Å². The number of esters is 1. The van der Waals surface area contributed by atoms with E-state index in [9.17, 15) is 9.59 Å². The summed E-state index contributed by atoms with van der Waals surface area (Å²) < 4.78 is 10.1. The van der Waals surface area contributed by atoms with Crippen molar-refractivity contribution in [3.63, 3.8) is 0 Å². The summed E-state index contributed by atoms with van der Waals surface area (Å²) in [5, 5.41) is 1.12. The maximum absolute atomic E-state index is 12.8. The number of benzene rings is 2. The summed E-state index contributed by atoms with van der Waals surface area (Å²) >= 11 is 7.37. The van der Waals surface area contributed by atoms with Crippen molar-refractivity contribution in [3.05, 3.63) is 63.5 Å². The van der Waals surface area contributed by atoms with Gasteiger partial charge in [0.2, 0.25) is 0 Å². The number of halogens is 1. The molecule has 0 aliphatic carbocycles. The lowest BCUT2D eigenvalue weighted by atomic mass is 10.2. The molecule has 0 aromatic heterocycles. The van der Waals surface area contributed by atoms with Gasteiger partial charge in [-0.25, -0.2) is 9.79 Å². The highest BCUT2D eigenvalue weighted by molar-refractivity contribution is 8.18. The Labute approximate surface area is 178 Å². The average Bonchev–Trinajstić information content (AvgIpc) is 3.02. The first-order valence-electron chi connectivity index (χ1n) is 8.78. The summed E-state index contributed by atoms with van der Waals surface area (Å²) in [6, 6.07) is 11.9. The number of hydrogen-bond acceptors (Lipinski definition) is 6. The van der Waals surface area contributed by atoms with Crippen LogP contribution >= 0.6 is 23.4 Å². The van der Waals surface area contributed by atoms with Crippen LogP contribution in [-0.2, 0) is 9.53 Å². The Balaban J connectivity index is 1.92. The van der Waals surface area contributed by atoms with Gasteiger partial charge >= 0.3 is 5.97 Å². The number of amides is 1. The van der Waals surface area contributed by atoms with Gasteiger partial charge in [-0.2, -0.15) is 0 Å². The summed E-state index contributed by atoms with van der Waals surface area (Å²) in [5.74, 6) is 0.0806. The van der Waals surface area contributed by atoms with Crippen molar-refractivity contribution in [3.8, 4) is 5.75 Å². The minimum Gasteiger partial charge on any atom is -0.496 e. The Kier molecular flexibility index (Phi) is 6.61. The maximum Gasteiger partial charge on any atom is 0.337 e. The zero-order valence-electron chi connectivity index (χ0n) is 16.1. The number of hydrogen-bond donors (Lipinski definition) is 0. The smallest absolute Gasteiger partial charge is 0.337 e. The molecule has 0 saturated carbocycles. The molecule has 6 nitrogen and oxygen atoms in total. The van der Waals surface area contributed by atoms with E-state index in [4.69, 9.17) is 21.1 Å². The quantitative estimate of drug-likeness (QED) is 0.505. The first kappa shape index (κ1) is 21.0. The Morgan fingerprint density at radius 2 is 1.93 bits per heavy atom. The van der Waals surface area contributed by atoms with Crippen LogP contribution in [0.2, 0.25) is 5.02 Å². The summed E-state index contributed by atoms with van der Waals surface area (Å²) in [7, 11) is 2.90. The Bertz CT molecular complexity index is 1000. The van der Waals surface area contributed by atoms with Gasteiger partial charge in [-0.15, -0.1) is 0 Å². The van der Waals surface area contributed by atoms with Crippen LogP contribution in [0.4, 0.5) is 5.69 Å². The standard InChI is InChI=1S/C21H19ClN2O4S/c1-4-24-19(25)18(12-14-11-15(22)7-10-17(14)27-2)29-21(24)23-16-8-5-13(6-9-16)20(26)28-3/h5-12H,4H2,1-3H3/b18-12+,23-21?. The van der Waals surface area contributed by atoms with Crippen LogP contribution in [0.3, 0.4) is 0 Å². The van der Waals surface area contributed by atoms with Crippen molar-refractivity contribution in [2.75, 3.05) is 20.8 Å². The van der Waals surface area contributed by atoms with Gasteiger partial charge in [0, 0.05) is 17.1 Å². The lowest BCUT2D eigenvalue weighted by Crippen LogP contribution is -2.28. The molecule has 29 heavy (non-hydrogen) atoms. The molecule has 1 amide bonds. The lowest BCUT2D eigenvalue weighted by Gasteiger charge is -2.12. The third-order valence-electron chi connectivity index (χ3n) is 4.20. The number of methoxy groups -OCH3 is 2. The predicted molar refractivity (Wildman–Crippen MR) is 116 cm³/mol. The molecular weight excluding hydrogens is 412 g/mol. The number of aliphatic imine (C=N–C) groups is 1. The fourth-order valence-electron chi connectivity index (χ4n) is 2.73. The predicted octanol–water partition coefficient (Wildman–Crippen LogP) is 4.76. The van der Waals surface area contributed by atoms with Crippen LogP contribution in [0.1, 0.15) is 22.8 Å². The number of nitrogens with zero attached hydrogens (tertiary/aromatic N) is 2. The average molecular weight is 431 g/mol. The largest absolute Gasteiger partial charge is 0.496 e. The highest BCUT2D eigenvalue weighted by Gasteiger charge is 2.32. The molecule has 0 unspecified atom stereocenters. The maximum atomic E-state index is 12.8. The molecule has 0 bridgehead atoms. The fourth-order valence-corrected chi connectivity index (χ4v) is 3.96. The third-order valence-corrected chi connectivity index (χ3v) is 5.44. The topological polar surface area (TPSA) is 68.2 Å². The molecule has 0 radical (unpaired) electrons. The van der Waals surface area contributed by atoms with Crippen LogP contribution < -0.4 is 4.74 Å². The van der Waals surface area contributed by atoms with E-state index < -0.39 is 5.97 Å². The second kappa shape index (κ2) is 9.15. The van der Waals surface area contributed by atoms with Crippen LogP contribution in [0.25, 0.3) is 6.08 Å². The van der Waals surface area contributed by atoms with E-state index in [0.717, 1.165) is 5.56 Å².